The third-order valence-electron chi connectivity index (χ3n) is 2.71. The van der Waals surface area contributed by atoms with Gasteiger partial charge in [0, 0.05) is 21.2 Å². The van der Waals surface area contributed by atoms with Gasteiger partial charge >= 0.3 is 0 Å². The van der Waals surface area contributed by atoms with Crippen molar-refractivity contribution in [3.05, 3.63) is 45.4 Å². The van der Waals surface area contributed by atoms with Crippen LogP contribution in [0.2, 0.25) is 0 Å². The maximum absolute atomic E-state index is 13.7. The number of halogens is 1. The van der Waals surface area contributed by atoms with Gasteiger partial charge in [0.05, 0.1) is 4.88 Å². The number of thiophene rings is 1. The van der Waals surface area contributed by atoms with E-state index in [1.165, 1.54) is 29.2 Å². The Morgan fingerprint density at radius 3 is 2.85 bits per heavy atom. The Balaban J connectivity index is 2.11. The zero-order valence-corrected chi connectivity index (χ0v) is 12.4. The molecule has 20 heavy (non-hydrogen) atoms. The Morgan fingerprint density at radius 2 is 2.20 bits per heavy atom. The summed E-state index contributed by atoms with van der Waals surface area (Å²) < 4.78 is 13.7. The highest BCUT2D eigenvalue weighted by molar-refractivity contribution is 7.98. The molecule has 5 N–H and O–H groups in total. The van der Waals surface area contributed by atoms with Crippen LogP contribution in [0.4, 0.5) is 10.1 Å². The first-order chi connectivity index (χ1) is 9.51. The minimum Gasteiger partial charge on any atom is -0.399 e. The molecule has 1 heterocycles. The number of anilines is 1. The molecule has 0 unspecified atom stereocenters. The van der Waals surface area contributed by atoms with E-state index >= 15 is 0 Å². The molecule has 2 aromatic rings. The molecule has 4 nitrogen and oxygen atoms in total. The minimum absolute atomic E-state index is 0.312. The quantitative estimate of drug-likeness (QED) is 0.267. The molecule has 2 rings (SSSR count). The number of thioether (sulfide) groups is 1. The highest BCUT2D eigenvalue weighted by Crippen LogP contribution is 2.30. The van der Waals surface area contributed by atoms with Crippen molar-refractivity contribution < 1.29 is 9.18 Å². The molecule has 1 aromatic heterocycles. The highest BCUT2D eigenvalue weighted by Gasteiger charge is 2.12. The molecule has 0 fully saturated rings. The molecule has 0 saturated heterocycles. The van der Waals surface area contributed by atoms with Crippen molar-refractivity contribution in [1.82, 2.24) is 5.43 Å². The van der Waals surface area contributed by atoms with Gasteiger partial charge in [-0.05, 0) is 36.8 Å². The normalized spacial score (nSPS) is 10.6. The summed E-state index contributed by atoms with van der Waals surface area (Å²) in [5.74, 6) is 5.04. The van der Waals surface area contributed by atoms with E-state index in [1.807, 2.05) is 6.92 Å². The second-order valence-corrected chi connectivity index (χ2v) is 6.42. The van der Waals surface area contributed by atoms with Gasteiger partial charge in [-0.1, -0.05) is 0 Å². The van der Waals surface area contributed by atoms with Crippen LogP contribution in [0.15, 0.2) is 29.2 Å². The number of aryl methyl sites for hydroxylation is 1. The van der Waals surface area contributed by atoms with Crippen LogP contribution in [0.1, 0.15) is 20.1 Å². The first-order valence-corrected chi connectivity index (χ1v) is 7.59. The van der Waals surface area contributed by atoms with Gasteiger partial charge in [0.25, 0.3) is 5.91 Å². The highest BCUT2D eigenvalue weighted by atomic mass is 32.2. The molecule has 7 heteroatoms. The van der Waals surface area contributed by atoms with Crippen LogP contribution >= 0.6 is 23.1 Å². The number of benzene rings is 1. The largest absolute Gasteiger partial charge is 0.399 e. The van der Waals surface area contributed by atoms with E-state index in [4.69, 9.17) is 11.6 Å². The van der Waals surface area contributed by atoms with Crippen molar-refractivity contribution in [1.29, 1.82) is 0 Å². The number of nitrogens with two attached hydrogens (primary N) is 2. The van der Waals surface area contributed by atoms with Crippen LogP contribution in [-0.2, 0) is 5.75 Å². The summed E-state index contributed by atoms with van der Waals surface area (Å²) in [5.41, 5.74) is 9.01. The van der Waals surface area contributed by atoms with E-state index in [0.717, 1.165) is 10.4 Å². The van der Waals surface area contributed by atoms with Crippen molar-refractivity contribution in [2.75, 3.05) is 5.73 Å². The van der Waals surface area contributed by atoms with E-state index in [1.54, 1.807) is 18.2 Å². The first kappa shape index (κ1) is 14.8. The lowest BCUT2D eigenvalue weighted by Crippen LogP contribution is -2.29. The lowest BCUT2D eigenvalue weighted by Gasteiger charge is -2.03. The maximum Gasteiger partial charge on any atom is 0.275 e. The SMILES string of the molecule is Cc1sc(C(=O)NN)cc1CSc1ccc(N)cc1F. The maximum atomic E-state index is 13.7. The average molecular weight is 311 g/mol. The average Bonchev–Trinajstić information content (AvgIpc) is 2.78. The Hall–Kier alpha value is -1.57. The van der Waals surface area contributed by atoms with Crippen LogP contribution in [0, 0.1) is 12.7 Å². The summed E-state index contributed by atoms with van der Waals surface area (Å²) in [6.07, 6.45) is 0. The molecule has 0 radical (unpaired) electrons. The van der Waals surface area contributed by atoms with Crippen molar-refractivity contribution in [3.8, 4) is 0 Å². The van der Waals surface area contributed by atoms with Crippen LogP contribution < -0.4 is 17.0 Å². The number of carbonyl (C=O) groups is 1. The number of nitrogen functional groups attached to an aromatic ring is 2. The molecular formula is C13H14FN3OS2. The fourth-order valence-electron chi connectivity index (χ4n) is 1.64. The fraction of sp³-hybridized carbons (Fsp3) is 0.154. The summed E-state index contributed by atoms with van der Waals surface area (Å²) in [6, 6.07) is 6.41. The van der Waals surface area contributed by atoms with Crippen molar-refractivity contribution >= 4 is 34.7 Å². The van der Waals surface area contributed by atoms with E-state index in [9.17, 15) is 9.18 Å². The van der Waals surface area contributed by atoms with Gasteiger partial charge < -0.3 is 5.73 Å². The minimum atomic E-state index is -0.331. The summed E-state index contributed by atoms with van der Waals surface area (Å²) >= 11 is 2.74. The molecule has 0 atom stereocenters. The number of amides is 1. The molecule has 106 valence electrons. The predicted octanol–water partition coefficient (Wildman–Crippen LogP) is 2.67. The number of rotatable bonds is 4. The number of carbonyl (C=O) groups excluding carboxylic acids is 1. The molecule has 1 aromatic carbocycles. The molecule has 0 spiro atoms. The molecule has 0 bridgehead atoms. The Kier molecular flexibility index (Phi) is 4.64. The van der Waals surface area contributed by atoms with Crippen molar-refractivity contribution in [2.24, 2.45) is 5.84 Å². The van der Waals surface area contributed by atoms with E-state index in [2.05, 4.69) is 5.43 Å². The van der Waals surface area contributed by atoms with Gasteiger partial charge in [0.15, 0.2) is 0 Å². The van der Waals surface area contributed by atoms with Crippen molar-refractivity contribution in [2.45, 2.75) is 17.6 Å². The lowest BCUT2D eigenvalue weighted by molar-refractivity contribution is 0.0957. The topological polar surface area (TPSA) is 81.1 Å². The lowest BCUT2D eigenvalue weighted by atomic mass is 10.3. The number of hydrogen-bond acceptors (Lipinski definition) is 5. The monoisotopic (exact) mass is 311 g/mol. The molecule has 0 aliphatic heterocycles. The Bertz CT molecular complexity index is 643. The molecule has 1 amide bonds. The van der Waals surface area contributed by atoms with Gasteiger partial charge in [-0.2, -0.15) is 0 Å². The number of hydrazine groups is 1. The van der Waals surface area contributed by atoms with Gasteiger partial charge in [0.1, 0.15) is 5.82 Å². The zero-order valence-electron chi connectivity index (χ0n) is 10.8. The van der Waals surface area contributed by atoms with Crippen LogP contribution in [-0.4, -0.2) is 5.91 Å². The molecule has 0 aliphatic rings. The summed E-state index contributed by atoms with van der Waals surface area (Å²) in [6.45, 7) is 1.92. The van der Waals surface area contributed by atoms with Gasteiger partial charge in [0.2, 0.25) is 0 Å². The summed E-state index contributed by atoms with van der Waals surface area (Å²) in [5, 5.41) is 0. The van der Waals surface area contributed by atoms with E-state index in [0.29, 0.717) is 21.2 Å². The number of hydrogen-bond donors (Lipinski definition) is 3. The number of nitrogens with one attached hydrogen (secondary N) is 1. The third kappa shape index (κ3) is 3.30. The summed E-state index contributed by atoms with van der Waals surface area (Å²) in [4.78, 5) is 13.5. The molecular weight excluding hydrogens is 297 g/mol. The second kappa shape index (κ2) is 6.25. The van der Waals surface area contributed by atoms with Gasteiger partial charge in [-0.15, -0.1) is 23.1 Å². The molecule has 0 saturated carbocycles. The third-order valence-corrected chi connectivity index (χ3v) is 4.90. The smallest absolute Gasteiger partial charge is 0.275 e. The van der Waals surface area contributed by atoms with Crippen LogP contribution in [0.3, 0.4) is 0 Å². The van der Waals surface area contributed by atoms with E-state index in [-0.39, 0.29) is 11.7 Å². The Labute approximate surface area is 124 Å². The fourth-order valence-corrected chi connectivity index (χ4v) is 3.64. The second-order valence-electron chi connectivity index (χ2n) is 4.14. The molecule has 0 aliphatic carbocycles. The zero-order chi connectivity index (χ0) is 14.7. The predicted molar refractivity (Wildman–Crippen MR) is 81.1 cm³/mol. The van der Waals surface area contributed by atoms with Gasteiger partial charge in [-0.3, -0.25) is 10.2 Å². The first-order valence-electron chi connectivity index (χ1n) is 5.79. The van der Waals surface area contributed by atoms with E-state index < -0.39 is 0 Å². The van der Waals surface area contributed by atoms with Gasteiger partial charge in [-0.25, -0.2) is 10.2 Å². The Morgan fingerprint density at radius 1 is 1.45 bits per heavy atom. The standard InChI is InChI=1S/C13H14FN3OS2/c1-7-8(4-12(20-7)13(18)17-16)6-19-11-3-2-9(15)5-10(11)14/h2-5H,6,15-16H2,1H3,(H,17,18). The summed E-state index contributed by atoms with van der Waals surface area (Å²) in [7, 11) is 0. The van der Waals surface area contributed by atoms with Crippen LogP contribution in [0.5, 0.6) is 0 Å². The van der Waals surface area contributed by atoms with Crippen LogP contribution in [0.25, 0.3) is 0 Å². The van der Waals surface area contributed by atoms with Crippen molar-refractivity contribution in [3.63, 3.8) is 0 Å².